The maximum atomic E-state index is 6.95. The van der Waals surface area contributed by atoms with Crippen molar-refractivity contribution in [2.24, 2.45) is 27.1 Å². The lowest BCUT2D eigenvalue weighted by Crippen LogP contribution is -2.20. The molecule has 0 fully saturated rings. The minimum absolute atomic E-state index is 0.265. The fourth-order valence-electron chi connectivity index (χ4n) is 7.87. The third kappa shape index (κ3) is 26.6. The molecule has 0 radical (unpaired) electrons. The molecule has 0 saturated carbocycles. The van der Waals surface area contributed by atoms with Gasteiger partial charge in [0.1, 0.15) is 0 Å². The fourth-order valence-corrected chi connectivity index (χ4v) is 31.7. The van der Waals surface area contributed by atoms with Crippen molar-refractivity contribution in [2.45, 2.75) is 128 Å². The van der Waals surface area contributed by atoms with Gasteiger partial charge in [0.15, 0.2) is 0 Å². The van der Waals surface area contributed by atoms with E-state index in [2.05, 4.69) is 20.3 Å². The zero-order valence-corrected chi connectivity index (χ0v) is 49.6. The van der Waals surface area contributed by atoms with Gasteiger partial charge in [-0.2, -0.15) is 27.1 Å². The number of hydrogen-bond donors (Lipinski definition) is 4. The molecule has 4 atom stereocenters. The molecule has 0 aromatic rings. The van der Waals surface area contributed by atoms with Crippen LogP contribution in [0.25, 0.3) is 0 Å². The van der Waals surface area contributed by atoms with Gasteiger partial charge in [0.05, 0.1) is 106 Å². The van der Waals surface area contributed by atoms with Crippen molar-refractivity contribution in [1.82, 2.24) is 20.3 Å². The van der Waals surface area contributed by atoms with Gasteiger partial charge in [0.2, 0.25) is 0 Å². The van der Waals surface area contributed by atoms with E-state index >= 15 is 0 Å². The summed E-state index contributed by atoms with van der Waals surface area (Å²) in [5, 5.41) is 14.3. The summed E-state index contributed by atoms with van der Waals surface area (Å²) in [6, 6.07) is 0. The summed E-state index contributed by atoms with van der Waals surface area (Å²) < 4.78 is 90.3. The smallest absolute Gasteiger partial charge is 0.280 e. The van der Waals surface area contributed by atoms with Crippen LogP contribution in [0.5, 0.6) is 0 Å². The van der Waals surface area contributed by atoms with Crippen molar-refractivity contribution in [1.29, 1.82) is 0 Å². The standard InChI is InChI=1S/C40H84Cl4N10O10P6/c41-65(42)49-67-45-21-17-13-9-5-1-2-6-10-14-18-22-46-68-50-66(43,44)52-70(54-68,64-40-36-60-32-28-56-26-30-58-34-38-62-68)48-24-20-16-12-8-4-3-7-11-15-19-23-47-69(51-65,53-67)63-39-35-59-31-27-55-25-29-57-33-37-61-67/h45-48H,1-40H2. The van der Waals surface area contributed by atoms with Crippen LogP contribution in [0.4, 0.5) is 0 Å². The molecule has 0 aromatic heterocycles. The summed E-state index contributed by atoms with van der Waals surface area (Å²) in [5.74, 6) is -6.42. The average molecular weight is 1190 g/mol. The highest BCUT2D eigenvalue weighted by molar-refractivity contribution is 8.13. The molecule has 5 heterocycles. The lowest BCUT2D eigenvalue weighted by atomic mass is 10.1. The van der Waals surface area contributed by atoms with Gasteiger partial charge >= 0.3 is 0 Å². The van der Waals surface area contributed by atoms with E-state index in [0.29, 0.717) is 105 Å². The first-order valence-corrected chi connectivity index (χ1v) is 39.2. The highest BCUT2D eigenvalue weighted by Gasteiger charge is 2.39. The van der Waals surface area contributed by atoms with Gasteiger partial charge in [0, 0.05) is 26.2 Å². The molecule has 30 heteroatoms. The molecule has 5 rings (SSSR count). The fraction of sp³-hybridized carbons (Fsp3) is 1.00. The van der Waals surface area contributed by atoms with Crippen LogP contribution in [-0.4, -0.2) is 132 Å². The monoisotopic (exact) mass is 1190 g/mol. The molecule has 70 heavy (non-hydrogen) atoms. The van der Waals surface area contributed by atoms with E-state index in [9.17, 15) is 0 Å². The van der Waals surface area contributed by atoms with Gasteiger partial charge in [0.25, 0.3) is 42.2 Å². The quantitative estimate of drug-likeness (QED) is 0.166. The summed E-state index contributed by atoms with van der Waals surface area (Å²) >= 11 is 27.8. The van der Waals surface area contributed by atoms with Crippen molar-refractivity contribution in [2.75, 3.05) is 132 Å². The van der Waals surface area contributed by atoms with Crippen LogP contribution in [-0.2, 0) is 46.5 Å². The highest BCUT2D eigenvalue weighted by Crippen LogP contribution is 2.82. The topological polar surface area (TPSA) is 215 Å². The summed E-state index contributed by atoms with van der Waals surface area (Å²) in [4.78, 5) is 0. The third-order valence-electron chi connectivity index (χ3n) is 11.4. The molecule has 20 nitrogen and oxygen atoms in total. The van der Waals surface area contributed by atoms with Crippen LogP contribution >= 0.6 is 87.1 Å². The molecular weight excluding hydrogens is 1110 g/mol. The predicted octanol–water partition coefficient (Wildman–Crippen LogP) is 15.0. The maximum absolute atomic E-state index is 6.95. The van der Waals surface area contributed by atoms with Crippen LogP contribution in [0.3, 0.4) is 0 Å². The summed E-state index contributed by atoms with van der Waals surface area (Å²) in [5.41, 5.74) is 0. The number of nitrogens with zero attached hydrogens (tertiary/aromatic N) is 6. The van der Waals surface area contributed by atoms with Crippen molar-refractivity contribution >= 4 is 87.1 Å². The zero-order valence-electron chi connectivity index (χ0n) is 41.2. The lowest BCUT2D eigenvalue weighted by Gasteiger charge is -2.32. The van der Waals surface area contributed by atoms with Crippen molar-refractivity contribution in [3.8, 4) is 0 Å². The lowest BCUT2D eigenvalue weighted by molar-refractivity contribution is 0.00533. The number of halogens is 4. The summed E-state index contributed by atoms with van der Waals surface area (Å²) in [6.07, 6.45) is 21.9. The van der Waals surface area contributed by atoms with Gasteiger partial charge in [-0.25, -0.2) is 20.3 Å². The molecule has 4 N–H and O–H groups in total. The van der Waals surface area contributed by atoms with E-state index in [1.807, 2.05) is 0 Å². The maximum Gasteiger partial charge on any atom is 0.280 e. The Labute approximate surface area is 439 Å². The van der Waals surface area contributed by atoms with Crippen molar-refractivity contribution in [3.05, 3.63) is 0 Å². The first kappa shape index (κ1) is 62.8. The van der Waals surface area contributed by atoms with Gasteiger partial charge in [-0.1, -0.05) is 103 Å². The summed E-state index contributed by atoms with van der Waals surface area (Å²) in [7, 11) is -12.3. The van der Waals surface area contributed by atoms with Crippen LogP contribution in [0.1, 0.15) is 128 Å². The van der Waals surface area contributed by atoms with E-state index in [1.165, 1.54) is 51.4 Å². The third-order valence-corrected chi connectivity index (χ3v) is 32.1. The minimum atomic E-state index is -3.21. The van der Waals surface area contributed by atoms with Crippen LogP contribution in [0.15, 0.2) is 27.1 Å². The van der Waals surface area contributed by atoms with Gasteiger partial charge in [-0.05, 0) is 70.6 Å². The Morgan fingerprint density at radius 2 is 0.414 bits per heavy atom. The zero-order chi connectivity index (χ0) is 49.4. The van der Waals surface area contributed by atoms with Crippen LogP contribution < -0.4 is 20.3 Å². The van der Waals surface area contributed by atoms with E-state index in [4.69, 9.17) is 119 Å². The number of hydrogen-bond acceptors (Lipinski definition) is 20. The second-order valence-electron chi connectivity index (χ2n) is 17.3. The van der Waals surface area contributed by atoms with Crippen molar-refractivity contribution in [3.63, 3.8) is 0 Å². The molecule has 4 unspecified atom stereocenters. The Hall–Kier alpha value is 1.98. The van der Waals surface area contributed by atoms with E-state index in [-0.39, 0.29) is 26.4 Å². The number of nitrogens with one attached hydrogen (secondary N) is 4. The molecule has 5 aliphatic rings. The minimum Gasteiger partial charge on any atom is -0.377 e. The molecule has 5 aliphatic heterocycles. The second kappa shape index (κ2) is 36.2. The molecular formula is C40H84Cl4N10O10P6. The largest absolute Gasteiger partial charge is 0.377 e. The van der Waals surface area contributed by atoms with Gasteiger partial charge < -0.3 is 46.5 Å². The first-order chi connectivity index (χ1) is 34.1. The Morgan fingerprint density at radius 1 is 0.229 bits per heavy atom. The summed E-state index contributed by atoms with van der Waals surface area (Å²) in [6.45, 7) is 8.71. The Kier molecular flexibility index (Phi) is 32.5. The first-order valence-electron chi connectivity index (χ1n) is 25.7. The predicted molar refractivity (Wildman–Crippen MR) is 293 cm³/mol. The highest BCUT2D eigenvalue weighted by atomic mass is 35.9. The number of ether oxygens (including phenoxy) is 6. The average Bonchev–Trinajstić information content (AvgIpc) is 3.30. The molecule has 0 saturated heterocycles. The number of rotatable bonds is 0. The van der Waals surface area contributed by atoms with E-state index in [1.54, 1.807) is 0 Å². The molecule has 0 aromatic carbocycles. The van der Waals surface area contributed by atoms with E-state index in [0.717, 1.165) is 77.0 Å². The van der Waals surface area contributed by atoms with Crippen LogP contribution in [0, 0.1) is 0 Å². The Morgan fingerprint density at radius 3 is 0.643 bits per heavy atom. The molecule has 4 bridgehead atoms. The molecule has 0 spiro atoms. The van der Waals surface area contributed by atoms with Crippen molar-refractivity contribution < 1.29 is 46.5 Å². The SMILES string of the molecule is ClP1(Cl)=NP23=NP(=N1)(NCCCCCCCCCCCCNP14=NP(Cl)(Cl)=NP(=N1)(NCCCCCCCCCCCCN2)OCCOCCOCCOCCO4)OCCOCCOCCOCCO3. The van der Waals surface area contributed by atoms with Gasteiger partial charge in [-0.3, -0.25) is 0 Å². The molecule has 412 valence electrons. The Bertz CT molecular complexity index is 1630. The van der Waals surface area contributed by atoms with E-state index < -0.39 is 42.2 Å². The van der Waals surface area contributed by atoms with Crippen LogP contribution in [0.2, 0.25) is 0 Å². The molecule has 0 aliphatic carbocycles. The molecule has 0 amide bonds. The second-order valence-corrected chi connectivity index (χ2v) is 36.8. The Balaban J connectivity index is 1.22. The normalized spacial score (nSPS) is 33.8. The van der Waals surface area contributed by atoms with Gasteiger partial charge in [-0.15, -0.1) is 0 Å².